The highest BCUT2D eigenvalue weighted by molar-refractivity contribution is 7.16. The number of carbonyl (C=O) groups is 2. The number of halogens is 2. The molecule has 2 N–H and O–H groups in total. The molecule has 0 radical (unpaired) electrons. The molecule has 1 atom stereocenters. The highest BCUT2D eigenvalue weighted by atomic mass is 32.1. The maximum absolute atomic E-state index is 13.3. The zero-order chi connectivity index (χ0) is 22.3. The Hall–Kier alpha value is -2.61. The molecule has 8 heteroatoms. The van der Waals surface area contributed by atoms with Gasteiger partial charge in [0.1, 0.15) is 17.7 Å². The van der Waals surface area contributed by atoms with Crippen LogP contribution in [0.2, 0.25) is 0 Å². The summed E-state index contributed by atoms with van der Waals surface area (Å²) >= 11 is 1.33. The van der Waals surface area contributed by atoms with Crippen LogP contribution in [0, 0.1) is 17.6 Å². The molecule has 2 aromatic rings. The second-order valence-corrected chi connectivity index (χ2v) is 8.61. The van der Waals surface area contributed by atoms with Gasteiger partial charge in [0.05, 0.1) is 11.3 Å². The number of hydrogen-bond donors (Lipinski definition) is 2. The summed E-state index contributed by atoms with van der Waals surface area (Å²) in [5, 5.41) is 5.81. The minimum atomic E-state index is -0.771. The van der Waals surface area contributed by atoms with Crippen molar-refractivity contribution in [1.82, 2.24) is 10.3 Å². The zero-order valence-corrected chi connectivity index (χ0v) is 18.2. The molecule has 1 unspecified atom stereocenters. The van der Waals surface area contributed by atoms with Crippen LogP contribution in [0.1, 0.15) is 50.5 Å². The van der Waals surface area contributed by atoms with Gasteiger partial charge in [0, 0.05) is 12.3 Å². The lowest BCUT2D eigenvalue weighted by molar-refractivity contribution is -0.126. The predicted molar refractivity (Wildman–Crippen MR) is 116 cm³/mol. The molecule has 0 bridgehead atoms. The molecule has 0 aliphatic heterocycles. The van der Waals surface area contributed by atoms with Crippen LogP contribution in [-0.4, -0.2) is 22.8 Å². The number of aromatic nitrogens is 1. The third kappa shape index (κ3) is 7.33. The number of amides is 2. The van der Waals surface area contributed by atoms with Gasteiger partial charge in [0.25, 0.3) is 0 Å². The number of nitrogens with zero attached hydrogens (tertiary/aromatic N) is 1. The summed E-state index contributed by atoms with van der Waals surface area (Å²) in [7, 11) is 0. The van der Waals surface area contributed by atoms with E-state index in [1.807, 2.05) is 6.92 Å². The van der Waals surface area contributed by atoms with Crippen LogP contribution in [0.4, 0.5) is 13.9 Å². The fourth-order valence-electron chi connectivity index (χ4n) is 2.98. The third-order valence-electron chi connectivity index (χ3n) is 4.26. The van der Waals surface area contributed by atoms with Gasteiger partial charge < -0.3 is 10.6 Å². The summed E-state index contributed by atoms with van der Waals surface area (Å²) in [6.07, 6.45) is 3.38. The number of hydrogen-bond acceptors (Lipinski definition) is 4. The number of benzene rings is 1. The van der Waals surface area contributed by atoms with Gasteiger partial charge in [-0.15, -0.1) is 0 Å². The molecule has 0 spiro atoms. The van der Waals surface area contributed by atoms with Crippen LogP contribution in [0.15, 0.2) is 31.0 Å². The van der Waals surface area contributed by atoms with E-state index >= 15 is 0 Å². The van der Waals surface area contributed by atoms with Crippen molar-refractivity contribution in [3.05, 3.63) is 53.0 Å². The first kappa shape index (κ1) is 23.7. The number of thiazole rings is 1. The lowest BCUT2D eigenvalue weighted by Crippen LogP contribution is -2.44. The highest BCUT2D eigenvalue weighted by Gasteiger charge is 2.21. The Balaban J connectivity index is 1.99. The van der Waals surface area contributed by atoms with Crippen molar-refractivity contribution in [2.75, 3.05) is 5.32 Å². The Morgan fingerprint density at radius 2 is 1.87 bits per heavy atom. The number of anilines is 1. The van der Waals surface area contributed by atoms with Crippen molar-refractivity contribution in [2.45, 2.75) is 52.5 Å². The van der Waals surface area contributed by atoms with Gasteiger partial charge in [0.2, 0.25) is 11.8 Å². The van der Waals surface area contributed by atoms with Gasteiger partial charge in [-0.05, 0) is 42.0 Å². The Morgan fingerprint density at radius 1 is 1.20 bits per heavy atom. The van der Waals surface area contributed by atoms with Gasteiger partial charge in [-0.3, -0.25) is 9.59 Å². The predicted octanol–water partition coefficient (Wildman–Crippen LogP) is 4.95. The van der Waals surface area contributed by atoms with Crippen molar-refractivity contribution in [1.29, 1.82) is 0 Å². The van der Waals surface area contributed by atoms with E-state index in [4.69, 9.17) is 0 Å². The minimum Gasteiger partial charge on any atom is -0.344 e. The molecular weight excluding hydrogens is 408 g/mol. The Morgan fingerprint density at radius 3 is 2.47 bits per heavy atom. The molecule has 0 aliphatic rings. The number of nitrogens with one attached hydrogen (secondary N) is 2. The van der Waals surface area contributed by atoms with Gasteiger partial charge in [0.15, 0.2) is 5.13 Å². The lowest BCUT2D eigenvalue weighted by atomic mass is 10.0. The number of carbonyl (C=O) groups excluding carboxylic acids is 2. The van der Waals surface area contributed by atoms with Gasteiger partial charge in [-0.1, -0.05) is 45.1 Å². The molecule has 0 saturated heterocycles. The number of rotatable bonds is 10. The molecule has 2 rings (SSSR count). The second kappa shape index (κ2) is 11.0. The first-order valence-electron chi connectivity index (χ1n) is 9.87. The molecule has 162 valence electrons. The summed E-state index contributed by atoms with van der Waals surface area (Å²) in [6.45, 7) is 10.2. The monoisotopic (exact) mass is 435 g/mol. The van der Waals surface area contributed by atoms with E-state index in [-0.39, 0.29) is 17.9 Å². The topological polar surface area (TPSA) is 71.1 Å². The van der Waals surface area contributed by atoms with Crippen molar-refractivity contribution in [2.24, 2.45) is 5.92 Å². The quantitative estimate of drug-likeness (QED) is 0.555. The molecule has 2 amide bonds. The van der Waals surface area contributed by atoms with Crippen molar-refractivity contribution < 1.29 is 18.4 Å². The molecule has 30 heavy (non-hydrogen) atoms. The maximum Gasteiger partial charge on any atom is 0.248 e. The van der Waals surface area contributed by atoms with Crippen LogP contribution < -0.4 is 10.6 Å². The highest BCUT2D eigenvalue weighted by Crippen LogP contribution is 2.28. The van der Waals surface area contributed by atoms with Crippen LogP contribution >= 0.6 is 11.3 Å². The van der Waals surface area contributed by atoms with E-state index in [1.54, 1.807) is 6.20 Å². The number of allylic oxidation sites excluding steroid dienone is 1. The van der Waals surface area contributed by atoms with Crippen molar-refractivity contribution >= 4 is 33.9 Å². The van der Waals surface area contributed by atoms with E-state index in [0.717, 1.165) is 35.1 Å². The normalized spacial score (nSPS) is 11.9. The van der Waals surface area contributed by atoms with Crippen LogP contribution in [0.25, 0.3) is 5.57 Å². The van der Waals surface area contributed by atoms with Gasteiger partial charge in [-0.2, -0.15) is 0 Å². The van der Waals surface area contributed by atoms with E-state index in [9.17, 15) is 18.4 Å². The smallest absolute Gasteiger partial charge is 0.248 e. The molecule has 1 aromatic heterocycles. The molecular formula is C22H27F2N3O2S. The first-order chi connectivity index (χ1) is 14.2. The third-order valence-corrected chi connectivity index (χ3v) is 5.27. The van der Waals surface area contributed by atoms with Crippen LogP contribution in [0.5, 0.6) is 0 Å². The minimum absolute atomic E-state index is 0.203. The summed E-state index contributed by atoms with van der Waals surface area (Å²) in [5.74, 6) is -1.91. The Labute approximate surface area is 179 Å². The van der Waals surface area contributed by atoms with Crippen LogP contribution in [0.3, 0.4) is 0 Å². The maximum atomic E-state index is 13.3. The zero-order valence-electron chi connectivity index (χ0n) is 17.4. The standard InChI is InChI=1S/C22H27F2N3O2S/c1-5-6-18(26-20(28)10-15-8-16(23)11-17(24)9-15)21(29)27-22-25-12-19(30-22)14(4)7-13(2)3/h8-9,11-13,18H,4-7,10H2,1-3H3,(H,26,28)(H,25,27,29). The van der Waals surface area contributed by atoms with Gasteiger partial charge >= 0.3 is 0 Å². The van der Waals surface area contributed by atoms with E-state index in [1.165, 1.54) is 11.3 Å². The summed E-state index contributed by atoms with van der Waals surface area (Å²) in [4.78, 5) is 30.1. The molecule has 1 heterocycles. The Kier molecular flexibility index (Phi) is 8.65. The van der Waals surface area contributed by atoms with Crippen molar-refractivity contribution in [3.63, 3.8) is 0 Å². The van der Waals surface area contributed by atoms with Gasteiger partial charge in [-0.25, -0.2) is 13.8 Å². The van der Waals surface area contributed by atoms with E-state index in [2.05, 4.69) is 36.0 Å². The first-order valence-corrected chi connectivity index (χ1v) is 10.7. The van der Waals surface area contributed by atoms with E-state index in [0.29, 0.717) is 23.9 Å². The second-order valence-electron chi connectivity index (χ2n) is 7.58. The Bertz CT molecular complexity index is 891. The molecule has 5 nitrogen and oxygen atoms in total. The van der Waals surface area contributed by atoms with Crippen molar-refractivity contribution in [3.8, 4) is 0 Å². The van der Waals surface area contributed by atoms with Crippen LogP contribution in [-0.2, 0) is 16.0 Å². The molecule has 0 saturated carbocycles. The summed E-state index contributed by atoms with van der Waals surface area (Å²) in [6, 6.07) is 2.16. The summed E-state index contributed by atoms with van der Waals surface area (Å²) in [5.41, 5.74) is 1.16. The molecule has 0 aliphatic carbocycles. The van der Waals surface area contributed by atoms with E-state index < -0.39 is 23.6 Å². The fraction of sp³-hybridized carbons (Fsp3) is 0.409. The average molecular weight is 436 g/mol. The summed E-state index contributed by atoms with van der Waals surface area (Å²) < 4.78 is 26.6. The average Bonchev–Trinajstić information content (AvgIpc) is 3.08. The molecule has 0 fully saturated rings. The largest absolute Gasteiger partial charge is 0.344 e. The lowest BCUT2D eigenvalue weighted by Gasteiger charge is -2.17. The fourth-order valence-corrected chi connectivity index (χ4v) is 3.78. The molecule has 1 aromatic carbocycles. The SMILES string of the molecule is C=C(CC(C)C)c1cnc(NC(=O)C(CCC)NC(=O)Cc2cc(F)cc(F)c2)s1.